The second kappa shape index (κ2) is 6.16. The molecular formula is C17H12ClNO5S. The van der Waals surface area contributed by atoms with Gasteiger partial charge in [-0.1, -0.05) is 11.6 Å². The molecule has 1 aromatic carbocycles. The van der Waals surface area contributed by atoms with Gasteiger partial charge in [0.2, 0.25) is 6.79 Å². The number of thioether (sulfide) groups is 1. The summed E-state index contributed by atoms with van der Waals surface area (Å²) in [5.41, 5.74) is 0.614. The first-order chi connectivity index (χ1) is 12.0. The molecule has 8 heteroatoms. The van der Waals surface area contributed by atoms with E-state index in [0.29, 0.717) is 32.8 Å². The van der Waals surface area contributed by atoms with Crippen LogP contribution in [0.1, 0.15) is 17.1 Å². The maximum Gasteiger partial charge on any atom is 0.293 e. The highest BCUT2D eigenvalue weighted by molar-refractivity contribution is 8.18. The first-order valence-electron chi connectivity index (χ1n) is 7.41. The Labute approximate surface area is 152 Å². The fraction of sp³-hybridized carbons (Fsp3) is 0.176. The first kappa shape index (κ1) is 16.1. The van der Waals surface area contributed by atoms with Crippen molar-refractivity contribution in [3.8, 4) is 11.5 Å². The van der Waals surface area contributed by atoms with E-state index in [1.807, 2.05) is 6.92 Å². The summed E-state index contributed by atoms with van der Waals surface area (Å²) >= 11 is 7.11. The molecule has 128 valence electrons. The van der Waals surface area contributed by atoms with Crippen LogP contribution in [0.25, 0.3) is 6.08 Å². The van der Waals surface area contributed by atoms with Gasteiger partial charge in [0.1, 0.15) is 11.5 Å². The zero-order valence-corrected chi connectivity index (χ0v) is 14.6. The molecule has 2 aliphatic rings. The largest absolute Gasteiger partial charge is 0.462 e. The number of halogens is 1. The topological polar surface area (TPSA) is 69.0 Å². The number of carbonyl (C=O) groups excluding carboxylic acids is 2. The molecule has 1 aromatic heterocycles. The molecule has 25 heavy (non-hydrogen) atoms. The molecule has 3 heterocycles. The van der Waals surface area contributed by atoms with Crippen molar-refractivity contribution in [1.82, 2.24) is 4.90 Å². The number of aryl methyl sites for hydroxylation is 1. The Kier molecular flexibility index (Phi) is 3.97. The van der Waals surface area contributed by atoms with Gasteiger partial charge in [0.25, 0.3) is 11.1 Å². The van der Waals surface area contributed by atoms with E-state index in [-0.39, 0.29) is 24.5 Å². The molecular weight excluding hydrogens is 366 g/mol. The molecule has 2 amide bonds. The van der Waals surface area contributed by atoms with Gasteiger partial charge < -0.3 is 13.9 Å². The molecule has 0 atom stereocenters. The molecule has 2 aromatic rings. The fourth-order valence-corrected chi connectivity index (χ4v) is 3.58. The van der Waals surface area contributed by atoms with Crippen molar-refractivity contribution in [3.05, 3.63) is 51.3 Å². The first-order valence-corrected chi connectivity index (χ1v) is 8.60. The van der Waals surface area contributed by atoms with E-state index >= 15 is 0 Å². The number of nitrogens with zero attached hydrogens (tertiary/aromatic N) is 1. The van der Waals surface area contributed by atoms with Gasteiger partial charge in [-0.05, 0) is 42.4 Å². The maximum absolute atomic E-state index is 12.6. The minimum atomic E-state index is -0.377. The van der Waals surface area contributed by atoms with E-state index in [1.165, 1.54) is 0 Å². The number of hydrogen-bond acceptors (Lipinski definition) is 6. The third-order valence-corrected chi connectivity index (χ3v) is 5.04. The van der Waals surface area contributed by atoms with Crippen LogP contribution in [-0.2, 0) is 11.3 Å². The lowest BCUT2D eigenvalue weighted by Crippen LogP contribution is -2.27. The second-order valence-corrected chi connectivity index (χ2v) is 6.91. The van der Waals surface area contributed by atoms with E-state index < -0.39 is 0 Å². The summed E-state index contributed by atoms with van der Waals surface area (Å²) in [6, 6.07) is 6.85. The third-order valence-electron chi connectivity index (χ3n) is 3.78. The lowest BCUT2D eigenvalue weighted by Gasteiger charge is -2.14. The van der Waals surface area contributed by atoms with Crippen LogP contribution in [0.3, 0.4) is 0 Å². The Morgan fingerprint density at radius 1 is 1.24 bits per heavy atom. The smallest absolute Gasteiger partial charge is 0.293 e. The predicted octanol–water partition coefficient (Wildman–Crippen LogP) is 4.21. The van der Waals surface area contributed by atoms with Crippen LogP contribution in [0.2, 0.25) is 5.02 Å². The van der Waals surface area contributed by atoms with Gasteiger partial charge in [-0.25, -0.2) is 0 Å². The number of amides is 2. The molecule has 0 spiro atoms. The zero-order valence-electron chi connectivity index (χ0n) is 13.1. The minimum Gasteiger partial charge on any atom is -0.462 e. The Balaban J connectivity index is 1.58. The van der Waals surface area contributed by atoms with E-state index in [4.69, 9.17) is 25.5 Å². The van der Waals surface area contributed by atoms with Gasteiger partial charge in [0.15, 0.2) is 11.5 Å². The van der Waals surface area contributed by atoms with Crippen molar-refractivity contribution in [1.29, 1.82) is 0 Å². The number of imide groups is 1. The highest BCUT2D eigenvalue weighted by atomic mass is 35.5. The summed E-state index contributed by atoms with van der Waals surface area (Å²) in [6.45, 7) is 2.00. The quantitative estimate of drug-likeness (QED) is 0.746. The molecule has 0 N–H and O–H groups in total. The number of ether oxygens (including phenoxy) is 2. The van der Waals surface area contributed by atoms with E-state index in [1.54, 1.807) is 30.3 Å². The molecule has 0 aliphatic carbocycles. The molecule has 0 unspecified atom stereocenters. The average Bonchev–Trinajstić information content (AvgIpc) is 3.24. The molecule has 0 saturated carbocycles. The van der Waals surface area contributed by atoms with E-state index in [2.05, 4.69) is 0 Å². The average molecular weight is 378 g/mol. The van der Waals surface area contributed by atoms with Crippen molar-refractivity contribution in [2.24, 2.45) is 0 Å². The Bertz CT molecular complexity index is 920. The van der Waals surface area contributed by atoms with Crippen LogP contribution in [-0.4, -0.2) is 22.8 Å². The van der Waals surface area contributed by atoms with Gasteiger partial charge in [0.05, 0.1) is 11.4 Å². The standard InChI is InChI=1S/C17H12ClNO5S/c1-9-2-3-11(24-9)5-15-16(20)19(17(21)25-15)7-10-4-13-14(6-12(10)18)23-8-22-13/h2-6H,7-8H2,1H3/b15-5+. The Morgan fingerprint density at radius 2 is 2.00 bits per heavy atom. The summed E-state index contributed by atoms with van der Waals surface area (Å²) in [6.07, 6.45) is 1.57. The number of carbonyl (C=O) groups is 2. The fourth-order valence-electron chi connectivity index (χ4n) is 2.55. The van der Waals surface area contributed by atoms with E-state index in [9.17, 15) is 9.59 Å². The molecule has 1 fully saturated rings. The lowest BCUT2D eigenvalue weighted by atomic mass is 10.2. The van der Waals surface area contributed by atoms with Gasteiger partial charge in [-0.2, -0.15) is 0 Å². The summed E-state index contributed by atoms with van der Waals surface area (Å²) < 4.78 is 16.0. The number of benzene rings is 1. The van der Waals surface area contributed by atoms with Crippen molar-refractivity contribution in [2.75, 3.05) is 6.79 Å². The molecule has 2 aliphatic heterocycles. The third kappa shape index (κ3) is 3.01. The monoisotopic (exact) mass is 377 g/mol. The molecule has 0 radical (unpaired) electrons. The summed E-state index contributed by atoms with van der Waals surface area (Å²) in [4.78, 5) is 26.3. The van der Waals surface area contributed by atoms with Crippen LogP contribution >= 0.6 is 23.4 Å². The normalized spacial score (nSPS) is 17.8. The molecule has 6 nitrogen and oxygen atoms in total. The Morgan fingerprint density at radius 3 is 2.72 bits per heavy atom. The lowest BCUT2D eigenvalue weighted by molar-refractivity contribution is -0.123. The molecule has 1 saturated heterocycles. The minimum absolute atomic E-state index is 0.0641. The van der Waals surface area contributed by atoms with Crippen LogP contribution in [0, 0.1) is 6.92 Å². The zero-order chi connectivity index (χ0) is 17.6. The van der Waals surface area contributed by atoms with Crippen molar-refractivity contribution in [3.63, 3.8) is 0 Å². The van der Waals surface area contributed by atoms with Crippen LogP contribution in [0.5, 0.6) is 11.5 Å². The van der Waals surface area contributed by atoms with Crippen LogP contribution < -0.4 is 9.47 Å². The van der Waals surface area contributed by atoms with Gasteiger partial charge in [-0.15, -0.1) is 0 Å². The number of fused-ring (bicyclic) bond motifs is 1. The molecule has 4 rings (SSSR count). The highest BCUT2D eigenvalue weighted by Gasteiger charge is 2.36. The van der Waals surface area contributed by atoms with Crippen molar-refractivity contribution < 1.29 is 23.5 Å². The van der Waals surface area contributed by atoms with Crippen molar-refractivity contribution in [2.45, 2.75) is 13.5 Å². The Hall–Kier alpha value is -2.38. The summed E-state index contributed by atoms with van der Waals surface area (Å²) in [7, 11) is 0. The molecule has 0 bridgehead atoms. The second-order valence-electron chi connectivity index (χ2n) is 5.51. The van der Waals surface area contributed by atoms with E-state index in [0.717, 1.165) is 22.4 Å². The predicted molar refractivity (Wildman–Crippen MR) is 92.5 cm³/mol. The van der Waals surface area contributed by atoms with Crippen LogP contribution in [0.4, 0.5) is 4.79 Å². The van der Waals surface area contributed by atoms with Gasteiger partial charge in [-0.3, -0.25) is 14.5 Å². The maximum atomic E-state index is 12.6. The van der Waals surface area contributed by atoms with Gasteiger partial charge >= 0.3 is 0 Å². The number of rotatable bonds is 3. The number of furan rings is 1. The highest BCUT2D eigenvalue weighted by Crippen LogP contribution is 2.39. The van der Waals surface area contributed by atoms with Crippen molar-refractivity contribution >= 4 is 40.6 Å². The van der Waals surface area contributed by atoms with Crippen LogP contribution in [0.15, 0.2) is 33.6 Å². The van der Waals surface area contributed by atoms with Gasteiger partial charge in [0, 0.05) is 17.2 Å². The summed E-state index contributed by atoms with van der Waals surface area (Å²) in [5.74, 6) is 1.99. The SMILES string of the molecule is Cc1ccc(/C=C2/SC(=O)N(Cc3cc4c(cc3Cl)OCO4)C2=O)o1. The summed E-state index contributed by atoms with van der Waals surface area (Å²) in [5, 5.41) is 0.0576. The number of hydrogen-bond donors (Lipinski definition) is 0.